The van der Waals surface area contributed by atoms with Crippen molar-refractivity contribution in [3.8, 4) is 34.1 Å². The molecule has 0 saturated carbocycles. The Morgan fingerprint density at radius 3 is 0.880 bits per heavy atom. The third-order valence-corrected chi connectivity index (χ3v) is 9.77. The molecule has 0 atom stereocenters. The molecule has 4 rings (SSSR count). The first-order chi connectivity index (χ1) is 24.7. The molecule has 4 heteroatoms. The summed E-state index contributed by atoms with van der Waals surface area (Å²) in [6, 6.07) is 24.9. The molecule has 0 aliphatic carbocycles. The zero-order valence-corrected chi connectivity index (χ0v) is 31.5. The predicted octanol–water partition coefficient (Wildman–Crippen LogP) is 13.4. The fourth-order valence-corrected chi connectivity index (χ4v) is 6.59. The van der Waals surface area contributed by atoms with Crippen LogP contribution in [-0.2, 0) is 13.1 Å². The smallest absolute Gasteiger partial charge is 0.172 e. The van der Waals surface area contributed by atoms with Gasteiger partial charge >= 0.3 is 0 Å². The van der Waals surface area contributed by atoms with Crippen molar-refractivity contribution in [2.24, 2.45) is 0 Å². The quantitative estimate of drug-likeness (QED) is 0.0463. The molecule has 2 aromatic heterocycles. The average Bonchev–Trinajstić information content (AvgIpc) is 3.15. The molecular weight excluding hydrogens is 613 g/mol. The molecule has 4 aromatic rings. The Hall–Kier alpha value is -3.66. The molecule has 270 valence electrons. The molecule has 0 aliphatic heterocycles. The zero-order chi connectivity index (χ0) is 34.9. The highest BCUT2D eigenvalue weighted by atomic mass is 16.5. The lowest BCUT2D eigenvalue weighted by Gasteiger charge is -2.08. The highest BCUT2D eigenvalue weighted by Crippen LogP contribution is 2.28. The summed E-state index contributed by atoms with van der Waals surface area (Å²) in [6.07, 6.45) is 35.9. The van der Waals surface area contributed by atoms with Gasteiger partial charge < -0.3 is 9.47 Å². The average molecular weight is 679 g/mol. The minimum Gasteiger partial charge on any atom is -0.457 e. The van der Waals surface area contributed by atoms with Crippen molar-refractivity contribution in [3.63, 3.8) is 0 Å². The Morgan fingerprint density at radius 2 is 0.580 bits per heavy atom. The van der Waals surface area contributed by atoms with Crippen molar-refractivity contribution < 1.29 is 18.6 Å². The topological polar surface area (TPSA) is 26.2 Å². The summed E-state index contributed by atoms with van der Waals surface area (Å²) in [7, 11) is 0. The van der Waals surface area contributed by atoms with Gasteiger partial charge in [0.2, 0.25) is 0 Å². The predicted molar refractivity (Wildman–Crippen MR) is 209 cm³/mol. The fraction of sp³-hybridized carbons (Fsp3) is 0.522. The van der Waals surface area contributed by atoms with Crippen molar-refractivity contribution in [1.82, 2.24) is 0 Å². The van der Waals surface area contributed by atoms with Crippen molar-refractivity contribution >= 4 is 0 Å². The minimum absolute atomic E-state index is 0.843. The van der Waals surface area contributed by atoms with Gasteiger partial charge in [-0.05, 0) is 48.2 Å². The van der Waals surface area contributed by atoms with E-state index in [1.165, 1.54) is 128 Å². The molecule has 0 amide bonds. The van der Waals surface area contributed by atoms with Crippen LogP contribution in [0.15, 0.2) is 97.6 Å². The summed E-state index contributed by atoms with van der Waals surface area (Å²) in [5, 5.41) is 0. The fourth-order valence-electron chi connectivity index (χ4n) is 6.59. The number of aromatic nitrogens is 2. The molecule has 4 nitrogen and oxygen atoms in total. The van der Waals surface area contributed by atoms with Gasteiger partial charge in [-0.15, -0.1) is 0 Å². The lowest BCUT2D eigenvalue weighted by molar-refractivity contribution is -0.697. The molecule has 50 heavy (non-hydrogen) atoms. The summed E-state index contributed by atoms with van der Waals surface area (Å²) in [5.41, 5.74) is 2.30. The molecule has 0 fully saturated rings. The molecule has 0 radical (unpaired) electrons. The number of aryl methyl sites for hydroxylation is 2. The van der Waals surface area contributed by atoms with Crippen LogP contribution in [-0.4, -0.2) is 0 Å². The number of benzene rings is 2. The second-order valence-corrected chi connectivity index (χ2v) is 14.2. The van der Waals surface area contributed by atoms with E-state index in [0.717, 1.165) is 47.2 Å². The van der Waals surface area contributed by atoms with Crippen LogP contribution in [0.5, 0.6) is 23.0 Å². The van der Waals surface area contributed by atoms with Crippen LogP contribution in [0.3, 0.4) is 0 Å². The van der Waals surface area contributed by atoms with E-state index >= 15 is 0 Å². The van der Waals surface area contributed by atoms with Crippen molar-refractivity contribution in [1.29, 1.82) is 0 Å². The van der Waals surface area contributed by atoms with Crippen LogP contribution in [0.2, 0.25) is 0 Å². The van der Waals surface area contributed by atoms with E-state index in [2.05, 4.69) is 96.3 Å². The van der Waals surface area contributed by atoms with Gasteiger partial charge in [0.15, 0.2) is 24.8 Å². The van der Waals surface area contributed by atoms with E-state index in [9.17, 15) is 0 Å². The lowest BCUT2D eigenvalue weighted by Crippen LogP contribution is -2.32. The first-order valence-electron chi connectivity index (χ1n) is 20.3. The van der Waals surface area contributed by atoms with Crippen molar-refractivity contribution in [2.45, 2.75) is 155 Å². The highest BCUT2D eigenvalue weighted by Gasteiger charge is 2.07. The maximum Gasteiger partial charge on any atom is 0.172 e. The first-order valence-corrected chi connectivity index (χ1v) is 20.3. The van der Waals surface area contributed by atoms with Crippen molar-refractivity contribution in [3.05, 3.63) is 97.6 Å². The summed E-state index contributed by atoms with van der Waals surface area (Å²) >= 11 is 0. The minimum atomic E-state index is 0.843. The number of unbranched alkanes of at least 4 members (excludes halogenated alkanes) is 18. The van der Waals surface area contributed by atoms with E-state index in [1.807, 2.05) is 24.3 Å². The Kier molecular flexibility index (Phi) is 19.2. The third-order valence-electron chi connectivity index (χ3n) is 9.77. The second kappa shape index (κ2) is 24.5. The van der Waals surface area contributed by atoms with Crippen LogP contribution < -0.4 is 18.6 Å². The van der Waals surface area contributed by atoms with Gasteiger partial charge in [-0.2, -0.15) is 0 Å². The number of nitrogens with zero attached hydrogens (tertiary/aromatic N) is 2. The summed E-state index contributed by atoms with van der Waals surface area (Å²) in [6.45, 7) is 6.71. The molecule has 0 saturated heterocycles. The molecule has 0 N–H and O–H groups in total. The van der Waals surface area contributed by atoms with Crippen LogP contribution >= 0.6 is 0 Å². The molecule has 0 spiro atoms. The maximum absolute atomic E-state index is 6.14. The summed E-state index contributed by atoms with van der Waals surface area (Å²) in [5.74, 6) is 3.42. The zero-order valence-electron chi connectivity index (χ0n) is 31.5. The standard InChI is InChI=1S/C46H66N2O2/c1-3-5-7-9-11-13-15-17-19-21-35-47-37-31-45(32-38-47)49-43-27-23-41(24-28-43)42-25-29-44(30-26-42)50-46-33-39-48(40-34-46)36-22-20-18-16-14-12-10-8-6-4-2/h23-34,37-40H,3-22,35-36H2,1-2H3/q+2. The molecular formula is C46H66N2O2+2. The Balaban J connectivity index is 1.10. The van der Waals surface area contributed by atoms with E-state index in [4.69, 9.17) is 9.47 Å². The van der Waals surface area contributed by atoms with Gasteiger partial charge in [-0.1, -0.05) is 141 Å². The van der Waals surface area contributed by atoms with E-state index in [-0.39, 0.29) is 0 Å². The Bertz CT molecular complexity index is 1290. The second-order valence-electron chi connectivity index (χ2n) is 14.2. The monoisotopic (exact) mass is 679 g/mol. The van der Waals surface area contributed by atoms with Crippen LogP contribution in [0.4, 0.5) is 0 Å². The summed E-state index contributed by atoms with van der Waals surface area (Å²) in [4.78, 5) is 0. The van der Waals surface area contributed by atoms with Gasteiger partial charge in [-0.3, -0.25) is 0 Å². The normalized spacial score (nSPS) is 11.2. The molecule has 2 heterocycles. The molecule has 0 bridgehead atoms. The van der Waals surface area contributed by atoms with Gasteiger partial charge in [-0.25, -0.2) is 9.13 Å². The van der Waals surface area contributed by atoms with E-state index in [1.54, 1.807) is 0 Å². The van der Waals surface area contributed by atoms with Gasteiger partial charge in [0.1, 0.15) is 36.1 Å². The lowest BCUT2D eigenvalue weighted by atomic mass is 10.1. The number of hydrogen-bond donors (Lipinski definition) is 0. The molecule has 0 aliphatic rings. The van der Waals surface area contributed by atoms with Crippen molar-refractivity contribution in [2.75, 3.05) is 0 Å². The van der Waals surface area contributed by atoms with E-state index in [0.29, 0.717) is 0 Å². The summed E-state index contributed by atoms with van der Waals surface area (Å²) < 4.78 is 16.8. The van der Waals surface area contributed by atoms with Gasteiger partial charge in [0, 0.05) is 37.1 Å². The Morgan fingerprint density at radius 1 is 0.320 bits per heavy atom. The molecule has 2 aromatic carbocycles. The SMILES string of the molecule is CCCCCCCCCCCC[n+]1ccc(Oc2ccc(-c3ccc(Oc4cc[n+](CCCCCCCCCCCC)cc4)cc3)cc2)cc1. The maximum atomic E-state index is 6.14. The van der Waals surface area contributed by atoms with Crippen LogP contribution in [0.25, 0.3) is 11.1 Å². The number of pyridine rings is 2. The number of ether oxygens (including phenoxy) is 2. The molecule has 0 unspecified atom stereocenters. The highest BCUT2D eigenvalue weighted by molar-refractivity contribution is 5.65. The Labute approximate surface area is 304 Å². The van der Waals surface area contributed by atoms with Crippen LogP contribution in [0, 0.1) is 0 Å². The number of rotatable bonds is 27. The van der Waals surface area contributed by atoms with E-state index < -0.39 is 0 Å². The largest absolute Gasteiger partial charge is 0.457 e. The van der Waals surface area contributed by atoms with Gasteiger partial charge in [0.05, 0.1) is 0 Å². The third kappa shape index (κ3) is 15.9. The number of hydrogen-bond acceptors (Lipinski definition) is 2. The first kappa shape index (κ1) is 39.1. The van der Waals surface area contributed by atoms with Crippen LogP contribution in [0.1, 0.15) is 142 Å². The van der Waals surface area contributed by atoms with Gasteiger partial charge in [0.25, 0.3) is 0 Å².